The monoisotopic (exact) mass is 310 g/mol. The number of carbonyl (C=O) groups is 1. The van der Waals surface area contributed by atoms with E-state index in [-0.39, 0.29) is 5.91 Å². The van der Waals surface area contributed by atoms with Gasteiger partial charge in [-0.1, -0.05) is 29.8 Å². The van der Waals surface area contributed by atoms with Crippen LogP contribution in [0.4, 0.5) is 5.82 Å². The Bertz CT molecular complexity index is 691. The molecule has 0 bridgehead atoms. The summed E-state index contributed by atoms with van der Waals surface area (Å²) in [6.07, 6.45) is 2.16. The minimum Gasteiger partial charge on any atom is -0.366 e. The zero-order chi connectivity index (χ0) is 16.2. The standard InChI is InChI=1S/C18H22N4O/c1-13-5-7-15(8-6-13)12-19-17-11-16(20-14(2)21-17)18(23)22-9-3-4-10-22/h5-8,11H,3-4,9-10,12H2,1-2H3,(H,19,20,21). The maximum atomic E-state index is 12.5. The fraction of sp³-hybridized carbons (Fsp3) is 0.389. The van der Waals surface area contributed by atoms with Gasteiger partial charge in [0.2, 0.25) is 0 Å². The van der Waals surface area contributed by atoms with E-state index in [0.29, 0.717) is 23.9 Å². The first-order valence-electron chi connectivity index (χ1n) is 8.06. The third-order valence-electron chi connectivity index (χ3n) is 4.04. The van der Waals surface area contributed by atoms with Crippen molar-refractivity contribution in [3.05, 3.63) is 53.0 Å². The van der Waals surface area contributed by atoms with Crippen LogP contribution in [0.5, 0.6) is 0 Å². The number of likely N-dealkylation sites (tertiary alicyclic amines) is 1. The van der Waals surface area contributed by atoms with Gasteiger partial charge in [0, 0.05) is 25.7 Å². The second kappa shape index (κ2) is 6.77. The second-order valence-corrected chi connectivity index (χ2v) is 6.02. The smallest absolute Gasteiger partial charge is 0.272 e. The fourth-order valence-corrected chi connectivity index (χ4v) is 2.75. The maximum Gasteiger partial charge on any atom is 0.272 e. The SMILES string of the molecule is Cc1ccc(CNc2cc(C(=O)N3CCCC3)nc(C)n2)cc1. The lowest BCUT2D eigenvalue weighted by Gasteiger charge is -2.15. The number of nitrogens with zero attached hydrogens (tertiary/aromatic N) is 3. The molecule has 1 N–H and O–H groups in total. The molecule has 1 amide bonds. The zero-order valence-corrected chi connectivity index (χ0v) is 13.7. The van der Waals surface area contributed by atoms with E-state index in [4.69, 9.17) is 0 Å². The average molecular weight is 310 g/mol. The van der Waals surface area contributed by atoms with E-state index >= 15 is 0 Å². The van der Waals surface area contributed by atoms with E-state index in [1.165, 1.54) is 11.1 Å². The van der Waals surface area contributed by atoms with E-state index in [0.717, 1.165) is 25.9 Å². The molecule has 1 aromatic carbocycles. The highest BCUT2D eigenvalue weighted by molar-refractivity contribution is 5.93. The Labute approximate surface area is 136 Å². The van der Waals surface area contributed by atoms with E-state index in [9.17, 15) is 4.79 Å². The van der Waals surface area contributed by atoms with Crippen LogP contribution in [-0.4, -0.2) is 33.9 Å². The lowest BCUT2D eigenvalue weighted by atomic mass is 10.1. The zero-order valence-electron chi connectivity index (χ0n) is 13.7. The topological polar surface area (TPSA) is 58.1 Å². The van der Waals surface area contributed by atoms with Gasteiger partial charge in [-0.05, 0) is 32.3 Å². The molecular weight excluding hydrogens is 288 g/mol. The third-order valence-corrected chi connectivity index (χ3v) is 4.04. The number of anilines is 1. The van der Waals surface area contributed by atoms with Crippen LogP contribution in [0.15, 0.2) is 30.3 Å². The maximum absolute atomic E-state index is 12.5. The highest BCUT2D eigenvalue weighted by Gasteiger charge is 2.21. The molecule has 5 nitrogen and oxygen atoms in total. The van der Waals surface area contributed by atoms with Gasteiger partial charge < -0.3 is 10.2 Å². The molecule has 1 saturated heterocycles. The lowest BCUT2D eigenvalue weighted by molar-refractivity contribution is 0.0786. The summed E-state index contributed by atoms with van der Waals surface area (Å²) >= 11 is 0. The summed E-state index contributed by atoms with van der Waals surface area (Å²) in [7, 11) is 0. The molecule has 1 aliphatic rings. The van der Waals surface area contributed by atoms with Crippen molar-refractivity contribution in [3.8, 4) is 0 Å². The minimum absolute atomic E-state index is 0.00591. The van der Waals surface area contributed by atoms with Crippen molar-refractivity contribution in [1.29, 1.82) is 0 Å². The molecule has 0 unspecified atom stereocenters. The summed E-state index contributed by atoms with van der Waals surface area (Å²) in [6, 6.07) is 10.1. The molecule has 2 aromatic rings. The highest BCUT2D eigenvalue weighted by atomic mass is 16.2. The molecule has 0 aliphatic carbocycles. The first-order chi connectivity index (χ1) is 11.1. The number of benzene rings is 1. The van der Waals surface area contributed by atoms with Gasteiger partial charge in [-0.25, -0.2) is 9.97 Å². The Kier molecular flexibility index (Phi) is 4.55. The van der Waals surface area contributed by atoms with Crippen molar-refractivity contribution in [3.63, 3.8) is 0 Å². The van der Waals surface area contributed by atoms with Crippen molar-refractivity contribution < 1.29 is 4.79 Å². The number of nitrogens with one attached hydrogen (secondary N) is 1. The Morgan fingerprint density at radius 2 is 1.83 bits per heavy atom. The molecule has 2 heterocycles. The quantitative estimate of drug-likeness (QED) is 0.943. The molecule has 120 valence electrons. The fourth-order valence-electron chi connectivity index (χ4n) is 2.75. The minimum atomic E-state index is 0.00591. The molecule has 23 heavy (non-hydrogen) atoms. The van der Waals surface area contributed by atoms with Gasteiger partial charge in [0.15, 0.2) is 0 Å². The number of hydrogen-bond acceptors (Lipinski definition) is 4. The Balaban J connectivity index is 1.72. The van der Waals surface area contributed by atoms with Gasteiger partial charge in [-0.2, -0.15) is 0 Å². The van der Waals surface area contributed by atoms with Crippen molar-refractivity contribution in [1.82, 2.24) is 14.9 Å². The molecule has 1 aliphatic heterocycles. The average Bonchev–Trinajstić information content (AvgIpc) is 3.07. The number of rotatable bonds is 4. The third kappa shape index (κ3) is 3.86. The molecule has 1 aromatic heterocycles. The van der Waals surface area contributed by atoms with Crippen LogP contribution in [-0.2, 0) is 6.54 Å². The van der Waals surface area contributed by atoms with Gasteiger partial charge in [-0.15, -0.1) is 0 Å². The first-order valence-corrected chi connectivity index (χ1v) is 8.06. The first kappa shape index (κ1) is 15.5. The Morgan fingerprint density at radius 3 is 2.52 bits per heavy atom. The molecule has 1 fully saturated rings. The summed E-state index contributed by atoms with van der Waals surface area (Å²) < 4.78 is 0. The van der Waals surface area contributed by atoms with Gasteiger partial charge >= 0.3 is 0 Å². The van der Waals surface area contributed by atoms with Crippen molar-refractivity contribution in [2.24, 2.45) is 0 Å². The summed E-state index contributed by atoms with van der Waals surface area (Å²) in [5, 5.41) is 3.29. The number of aromatic nitrogens is 2. The number of carbonyl (C=O) groups excluding carboxylic acids is 1. The van der Waals surface area contributed by atoms with E-state index < -0.39 is 0 Å². The summed E-state index contributed by atoms with van der Waals surface area (Å²) in [5.74, 6) is 1.31. The summed E-state index contributed by atoms with van der Waals surface area (Å²) in [6.45, 7) is 6.22. The van der Waals surface area contributed by atoms with Crippen LogP contribution in [0.2, 0.25) is 0 Å². The summed E-state index contributed by atoms with van der Waals surface area (Å²) in [4.78, 5) is 23.0. The van der Waals surface area contributed by atoms with Gasteiger partial charge in [-0.3, -0.25) is 4.79 Å². The van der Waals surface area contributed by atoms with Crippen LogP contribution in [0.3, 0.4) is 0 Å². The highest BCUT2D eigenvalue weighted by Crippen LogP contribution is 2.15. The second-order valence-electron chi connectivity index (χ2n) is 6.02. The predicted octanol–water partition coefficient (Wildman–Crippen LogP) is 2.94. The molecule has 0 saturated carbocycles. The van der Waals surface area contributed by atoms with Gasteiger partial charge in [0.05, 0.1) is 0 Å². The molecule has 5 heteroatoms. The lowest BCUT2D eigenvalue weighted by Crippen LogP contribution is -2.28. The van der Waals surface area contributed by atoms with Crippen molar-refractivity contribution >= 4 is 11.7 Å². The normalized spacial score (nSPS) is 14.1. The molecule has 3 rings (SSSR count). The largest absolute Gasteiger partial charge is 0.366 e. The van der Waals surface area contributed by atoms with E-state index in [1.807, 2.05) is 11.8 Å². The van der Waals surface area contributed by atoms with Crippen molar-refractivity contribution in [2.75, 3.05) is 18.4 Å². The van der Waals surface area contributed by atoms with Gasteiger partial charge in [0.1, 0.15) is 17.3 Å². The van der Waals surface area contributed by atoms with Crippen LogP contribution >= 0.6 is 0 Å². The van der Waals surface area contributed by atoms with Gasteiger partial charge in [0.25, 0.3) is 5.91 Å². The molecule has 0 radical (unpaired) electrons. The molecule has 0 spiro atoms. The molecular formula is C18H22N4O. The summed E-state index contributed by atoms with van der Waals surface area (Å²) in [5.41, 5.74) is 2.90. The van der Waals surface area contributed by atoms with E-state index in [1.54, 1.807) is 6.07 Å². The van der Waals surface area contributed by atoms with E-state index in [2.05, 4.69) is 46.5 Å². The van der Waals surface area contributed by atoms with Crippen LogP contribution in [0, 0.1) is 13.8 Å². The predicted molar refractivity (Wildman–Crippen MR) is 90.4 cm³/mol. The number of amides is 1. The Hall–Kier alpha value is -2.43. The number of hydrogen-bond donors (Lipinski definition) is 1. The Morgan fingerprint density at radius 1 is 1.13 bits per heavy atom. The van der Waals surface area contributed by atoms with Crippen LogP contribution < -0.4 is 5.32 Å². The van der Waals surface area contributed by atoms with Crippen molar-refractivity contribution in [2.45, 2.75) is 33.2 Å². The molecule has 0 atom stereocenters. The number of aryl methyl sites for hydroxylation is 2. The van der Waals surface area contributed by atoms with Crippen LogP contribution in [0.25, 0.3) is 0 Å². The van der Waals surface area contributed by atoms with Crippen LogP contribution in [0.1, 0.15) is 40.3 Å².